The summed E-state index contributed by atoms with van der Waals surface area (Å²) in [6.45, 7) is 4.47. The van der Waals surface area contributed by atoms with Crippen molar-refractivity contribution in [2.24, 2.45) is 0 Å². The zero-order valence-corrected chi connectivity index (χ0v) is 14.6. The minimum absolute atomic E-state index is 0.198. The first-order valence-corrected chi connectivity index (χ1v) is 8.59. The summed E-state index contributed by atoms with van der Waals surface area (Å²) in [6, 6.07) is 10.5. The zero-order valence-electron chi connectivity index (χ0n) is 13.8. The lowest BCUT2D eigenvalue weighted by Crippen LogP contribution is -2.29. The van der Waals surface area contributed by atoms with Crippen LogP contribution in [0.2, 0.25) is 0 Å². The molecule has 0 aliphatic heterocycles. The molecule has 2 N–H and O–H groups in total. The van der Waals surface area contributed by atoms with Crippen molar-refractivity contribution in [3.05, 3.63) is 39.8 Å². The Morgan fingerprint density at radius 1 is 1.33 bits per heavy atom. The van der Waals surface area contributed by atoms with Crippen molar-refractivity contribution in [2.75, 3.05) is 13.2 Å². The molecule has 6 heteroatoms. The highest BCUT2D eigenvalue weighted by atomic mass is 32.1. The standard InChI is InChI=1S/C18H21N3O2S/c1-3-4-11-19-12-16(22)13-23-17-8-6-5-7-15(17)9-10-18-21-20-14(2)24-18/h5-10,16,19,22H,3,12-13H2,1-2H3/b10-9+. The average Bonchev–Trinajstić information content (AvgIpc) is 3.01. The summed E-state index contributed by atoms with van der Waals surface area (Å²) in [5, 5.41) is 22.6. The van der Waals surface area contributed by atoms with Crippen molar-refractivity contribution >= 4 is 23.5 Å². The number of benzene rings is 1. The number of nitrogens with zero attached hydrogens (tertiary/aromatic N) is 2. The van der Waals surface area contributed by atoms with Gasteiger partial charge in [-0.15, -0.1) is 10.2 Å². The van der Waals surface area contributed by atoms with Crippen LogP contribution in [0.3, 0.4) is 0 Å². The molecule has 1 aromatic heterocycles. The summed E-state index contributed by atoms with van der Waals surface area (Å²) in [5.74, 6) is 3.60. The van der Waals surface area contributed by atoms with Gasteiger partial charge in [0.15, 0.2) is 0 Å². The third-order valence-corrected chi connectivity index (χ3v) is 3.79. The van der Waals surface area contributed by atoms with Gasteiger partial charge in [0.2, 0.25) is 0 Å². The first kappa shape index (κ1) is 18.0. The van der Waals surface area contributed by atoms with Gasteiger partial charge in [-0.3, -0.25) is 0 Å². The fourth-order valence-corrected chi connectivity index (χ4v) is 2.46. The molecule has 2 rings (SSSR count). The minimum atomic E-state index is -0.626. The molecule has 1 heterocycles. The molecule has 0 spiro atoms. The van der Waals surface area contributed by atoms with Crippen LogP contribution < -0.4 is 10.1 Å². The largest absolute Gasteiger partial charge is 0.490 e. The lowest BCUT2D eigenvalue weighted by Gasteiger charge is -2.13. The van der Waals surface area contributed by atoms with E-state index >= 15 is 0 Å². The highest BCUT2D eigenvalue weighted by Gasteiger charge is 2.06. The normalized spacial score (nSPS) is 11.8. The first-order valence-electron chi connectivity index (χ1n) is 7.78. The second-order valence-electron chi connectivity index (χ2n) is 5.03. The molecular formula is C18H21N3O2S. The number of hydrogen-bond donors (Lipinski definition) is 2. The van der Waals surface area contributed by atoms with Crippen LogP contribution in [0.15, 0.2) is 24.3 Å². The van der Waals surface area contributed by atoms with Gasteiger partial charge in [-0.2, -0.15) is 0 Å². The molecule has 0 radical (unpaired) electrons. The fourth-order valence-electron chi connectivity index (χ4n) is 1.85. The second kappa shape index (κ2) is 9.71. The first-order chi connectivity index (χ1) is 11.7. The van der Waals surface area contributed by atoms with Crippen LogP contribution in [0.25, 0.3) is 12.2 Å². The van der Waals surface area contributed by atoms with Crippen LogP contribution in [0.1, 0.15) is 28.9 Å². The molecule has 1 atom stereocenters. The number of ether oxygens (including phenoxy) is 1. The van der Waals surface area contributed by atoms with E-state index in [1.165, 1.54) is 11.3 Å². The van der Waals surface area contributed by atoms with Crippen molar-refractivity contribution in [3.8, 4) is 17.7 Å². The molecule has 0 aliphatic carbocycles. The van der Waals surface area contributed by atoms with Crippen molar-refractivity contribution in [1.82, 2.24) is 15.5 Å². The lowest BCUT2D eigenvalue weighted by atomic mass is 10.2. The summed E-state index contributed by atoms with van der Waals surface area (Å²) in [7, 11) is 0. The monoisotopic (exact) mass is 343 g/mol. The van der Waals surface area contributed by atoms with Gasteiger partial charge in [0, 0.05) is 18.0 Å². The van der Waals surface area contributed by atoms with E-state index in [0.717, 1.165) is 22.0 Å². The number of aryl methyl sites for hydroxylation is 1. The third kappa shape index (κ3) is 6.03. The minimum Gasteiger partial charge on any atom is -0.490 e. The highest BCUT2D eigenvalue weighted by Crippen LogP contribution is 2.21. The van der Waals surface area contributed by atoms with E-state index < -0.39 is 6.10 Å². The average molecular weight is 343 g/mol. The summed E-state index contributed by atoms with van der Waals surface area (Å²) < 4.78 is 5.73. The van der Waals surface area contributed by atoms with Gasteiger partial charge in [-0.05, 0) is 25.1 Å². The van der Waals surface area contributed by atoms with Crippen molar-refractivity contribution in [2.45, 2.75) is 26.4 Å². The maximum atomic E-state index is 9.92. The van der Waals surface area contributed by atoms with E-state index in [-0.39, 0.29) is 6.61 Å². The number of aliphatic hydroxyl groups excluding tert-OH is 1. The van der Waals surface area contributed by atoms with Crippen molar-refractivity contribution in [1.29, 1.82) is 0 Å². The SMILES string of the molecule is CCC#CNCC(O)COc1ccccc1/C=C/c1nnc(C)s1. The van der Waals surface area contributed by atoms with Crippen LogP contribution in [0.5, 0.6) is 5.75 Å². The predicted molar refractivity (Wildman–Crippen MR) is 97.6 cm³/mol. The van der Waals surface area contributed by atoms with Gasteiger partial charge in [-0.1, -0.05) is 42.4 Å². The van der Waals surface area contributed by atoms with E-state index in [1.54, 1.807) is 0 Å². The van der Waals surface area contributed by atoms with E-state index in [9.17, 15) is 5.11 Å². The Bertz CT molecular complexity index is 731. The molecule has 0 amide bonds. The van der Waals surface area contributed by atoms with Gasteiger partial charge in [0.05, 0.1) is 6.54 Å². The summed E-state index contributed by atoms with van der Waals surface area (Å²) in [5.41, 5.74) is 0.927. The topological polar surface area (TPSA) is 67.3 Å². The Kier molecular flexibility index (Phi) is 7.27. The molecule has 126 valence electrons. The molecule has 2 aromatic rings. The maximum Gasteiger partial charge on any atom is 0.140 e. The number of aliphatic hydroxyl groups is 1. The molecule has 1 aromatic carbocycles. The molecule has 0 saturated heterocycles. The van der Waals surface area contributed by atoms with E-state index in [4.69, 9.17) is 4.74 Å². The molecule has 5 nitrogen and oxygen atoms in total. The number of nitrogens with one attached hydrogen (secondary N) is 1. The molecule has 0 fully saturated rings. The van der Waals surface area contributed by atoms with Gasteiger partial charge in [0.25, 0.3) is 0 Å². The molecule has 1 unspecified atom stereocenters. The number of aromatic nitrogens is 2. The Morgan fingerprint density at radius 3 is 2.92 bits per heavy atom. The number of para-hydroxylation sites is 1. The van der Waals surface area contributed by atoms with Crippen LogP contribution in [-0.4, -0.2) is 34.6 Å². The second-order valence-corrected chi connectivity index (χ2v) is 6.24. The van der Waals surface area contributed by atoms with E-state index in [2.05, 4.69) is 27.5 Å². The smallest absolute Gasteiger partial charge is 0.140 e. The maximum absolute atomic E-state index is 9.92. The lowest BCUT2D eigenvalue weighted by molar-refractivity contribution is 0.110. The molecule has 0 aliphatic rings. The quantitative estimate of drug-likeness (QED) is 0.598. The van der Waals surface area contributed by atoms with Crippen molar-refractivity contribution < 1.29 is 9.84 Å². The summed E-state index contributed by atoms with van der Waals surface area (Å²) in [6.07, 6.45) is 4.00. The Balaban J connectivity index is 1.92. The fraction of sp³-hybridized carbons (Fsp3) is 0.333. The summed E-state index contributed by atoms with van der Waals surface area (Å²) in [4.78, 5) is 0. The predicted octanol–water partition coefficient (Wildman–Crippen LogP) is 2.72. The Labute approximate surface area is 146 Å². The van der Waals surface area contributed by atoms with Crippen LogP contribution >= 0.6 is 11.3 Å². The van der Waals surface area contributed by atoms with Gasteiger partial charge in [0.1, 0.15) is 28.5 Å². The van der Waals surface area contributed by atoms with Gasteiger partial charge < -0.3 is 15.2 Å². The Morgan fingerprint density at radius 2 is 2.17 bits per heavy atom. The van der Waals surface area contributed by atoms with Crippen molar-refractivity contribution in [3.63, 3.8) is 0 Å². The summed E-state index contributed by atoms with van der Waals surface area (Å²) >= 11 is 1.53. The van der Waals surface area contributed by atoms with E-state index in [1.807, 2.05) is 50.3 Å². The number of rotatable bonds is 7. The molecular weight excluding hydrogens is 322 g/mol. The van der Waals surface area contributed by atoms with E-state index in [0.29, 0.717) is 12.3 Å². The highest BCUT2D eigenvalue weighted by molar-refractivity contribution is 7.12. The zero-order chi connectivity index (χ0) is 17.2. The van der Waals surface area contributed by atoms with Crippen LogP contribution in [0, 0.1) is 18.9 Å². The van der Waals surface area contributed by atoms with Crippen LogP contribution in [-0.2, 0) is 0 Å². The van der Waals surface area contributed by atoms with Gasteiger partial charge in [-0.25, -0.2) is 0 Å². The van der Waals surface area contributed by atoms with Gasteiger partial charge >= 0.3 is 0 Å². The third-order valence-electron chi connectivity index (χ3n) is 2.99. The molecule has 0 saturated carbocycles. The Hall–Kier alpha value is -2.36. The van der Waals surface area contributed by atoms with Crippen LogP contribution in [0.4, 0.5) is 0 Å². The number of hydrogen-bond acceptors (Lipinski definition) is 6. The molecule has 24 heavy (non-hydrogen) atoms. The molecule has 0 bridgehead atoms.